The Hall–Kier alpha value is -2.18. The summed E-state index contributed by atoms with van der Waals surface area (Å²) in [5.74, 6) is -2.68. The minimum atomic E-state index is -4.64. The van der Waals surface area contributed by atoms with Gasteiger partial charge in [0, 0.05) is 18.2 Å². The fourth-order valence-electron chi connectivity index (χ4n) is 1.69. The van der Waals surface area contributed by atoms with E-state index in [0.717, 1.165) is 12.1 Å². The van der Waals surface area contributed by atoms with Gasteiger partial charge in [-0.15, -0.1) is 0 Å². The van der Waals surface area contributed by atoms with E-state index >= 15 is 0 Å². The third kappa shape index (κ3) is 3.68. The molecule has 0 amide bonds. The summed E-state index contributed by atoms with van der Waals surface area (Å²) in [6, 6.07) is 4.85. The van der Waals surface area contributed by atoms with E-state index in [1.165, 1.54) is 6.07 Å². The molecule has 0 saturated heterocycles. The first-order valence-electron chi connectivity index (χ1n) is 5.82. The lowest BCUT2D eigenvalue weighted by Gasteiger charge is -2.11. The number of hydrogen-bond donors (Lipinski definition) is 1. The zero-order chi connectivity index (χ0) is 15.6. The van der Waals surface area contributed by atoms with Crippen LogP contribution in [0, 0.1) is 17.5 Å². The molecule has 0 radical (unpaired) electrons. The van der Waals surface area contributed by atoms with Gasteiger partial charge in [0.05, 0.1) is 11.3 Å². The van der Waals surface area contributed by atoms with Crippen LogP contribution in [0.3, 0.4) is 0 Å². The molecule has 21 heavy (non-hydrogen) atoms. The average molecular weight is 305 g/mol. The Balaban J connectivity index is 2.13. The molecule has 0 fully saturated rings. The summed E-state index contributed by atoms with van der Waals surface area (Å²) in [7, 11) is 0. The van der Waals surface area contributed by atoms with Crippen molar-refractivity contribution >= 4 is 5.69 Å². The van der Waals surface area contributed by atoms with Crippen LogP contribution in [0.25, 0.3) is 0 Å². The van der Waals surface area contributed by atoms with Crippen molar-refractivity contribution in [1.82, 2.24) is 0 Å². The van der Waals surface area contributed by atoms with Crippen LogP contribution in [0.5, 0.6) is 0 Å². The third-order valence-corrected chi connectivity index (χ3v) is 2.78. The molecule has 2 rings (SSSR count). The summed E-state index contributed by atoms with van der Waals surface area (Å²) in [6.07, 6.45) is -4.64. The first kappa shape index (κ1) is 15.2. The normalized spacial score (nSPS) is 11.5. The van der Waals surface area contributed by atoms with Crippen molar-refractivity contribution in [3.8, 4) is 0 Å². The lowest BCUT2D eigenvalue weighted by atomic mass is 10.1. The minimum Gasteiger partial charge on any atom is -0.378 e. The predicted octanol–water partition coefficient (Wildman–Crippen LogP) is 4.73. The van der Waals surface area contributed by atoms with Gasteiger partial charge in [-0.25, -0.2) is 13.2 Å². The number of benzene rings is 2. The molecule has 0 saturated carbocycles. The zero-order valence-electron chi connectivity index (χ0n) is 10.4. The molecule has 0 heterocycles. The van der Waals surface area contributed by atoms with Gasteiger partial charge >= 0.3 is 6.18 Å². The Morgan fingerprint density at radius 3 is 2.14 bits per heavy atom. The van der Waals surface area contributed by atoms with Crippen molar-refractivity contribution in [3.05, 3.63) is 65.0 Å². The standard InChI is InChI=1S/C14H9F6N/c15-10-3-1-8(11(16)6-10)7-21-13-4-2-9(5-12(13)17)14(18,19)20/h1-6,21H,7H2. The van der Waals surface area contributed by atoms with E-state index in [4.69, 9.17) is 0 Å². The quantitative estimate of drug-likeness (QED) is 0.808. The number of nitrogens with one attached hydrogen (secondary N) is 1. The van der Waals surface area contributed by atoms with Crippen molar-refractivity contribution in [2.45, 2.75) is 12.7 Å². The number of anilines is 1. The first-order valence-corrected chi connectivity index (χ1v) is 5.82. The Labute approximate surface area is 116 Å². The van der Waals surface area contributed by atoms with E-state index in [2.05, 4.69) is 5.32 Å². The second kappa shape index (κ2) is 5.67. The molecular weight excluding hydrogens is 296 g/mol. The maximum Gasteiger partial charge on any atom is 0.416 e. The number of rotatable bonds is 3. The minimum absolute atomic E-state index is 0.0655. The van der Waals surface area contributed by atoms with Crippen LogP contribution in [0.15, 0.2) is 36.4 Å². The number of alkyl halides is 3. The fraction of sp³-hybridized carbons (Fsp3) is 0.143. The van der Waals surface area contributed by atoms with Crippen LogP contribution >= 0.6 is 0 Å². The average Bonchev–Trinajstić information content (AvgIpc) is 2.38. The van der Waals surface area contributed by atoms with Gasteiger partial charge in [-0.05, 0) is 24.3 Å². The third-order valence-electron chi connectivity index (χ3n) is 2.78. The van der Waals surface area contributed by atoms with Gasteiger partial charge in [-0.3, -0.25) is 0 Å². The van der Waals surface area contributed by atoms with Crippen molar-refractivity contribution in [2.75, 3.05) is 5.32 Å². The summed E-state index contributed by atoms with van der Waals surface area (Å²) in [6.45, 7) is -0.186. The smallest absolute Gasteiger partial charge is 0.378 e. The molecule has 7 heteroatoms. The largest absolute Gasteiger partial charge is 0.416 e. The molecule has 0 bridgehead atoms. The SMILES string of the molecule is Fc1ccc(CNc2ccc(C(F)(F)F)cc2F)c(F)c1. The maximum absolute atomic E-state index is 13.5. The molecular formula is C14H9F6N. The van der Waals surface area contributed by atoms with Crippen molar-refractivity contribution in [3.63, 3.8) is 0 Å². The second-order valence-corrected chi connectivity index (χ2v) is 4.28. The molecule has 0 unspecified atom stereocenters. The lowest BCUT2D eigenvalue weighted by Crippen LogP contribution is -2.08. The molecule has 2 aromatic rings. The Bertz CT molecular complexity index is 650. The van der Waals surface area contributed by atoms with E-state index in [1.54, 1.807) is 0 Å². The summed E-state index contributed by atoms with van der Waals surface area (Å²) >= 11 is 0. The highest BCUT2D eigenvalue weighted by Gasteiger charge is 2.31. The molecule has 0 aliphatic heterocycles. The molecule has 0 aliphatic carbocycles. The molecule has 0 aliphatic rings. The van der Waals surface area contributed by atoms with E-state index in [-0.39, 0.29) is 17.8 Å². The first-order chi connectivity index (χ1) is 9.77. The van der Waals surface area contributed by atoms with Crippen LogP contribution in [-0.2, 0) is 12.7 Å². The molecule has 0 spiro atoms. The Kier molecular flexibility index (Phi) is 4.11. The highest BCUT2D eigenvalue weighted by Crippen LogP contribution is 2.31. The van der Waals surface area contributed by atoms with Crippen LogP contribution in [0.2, 0.25) is 0 Å². The molecule has 1 nitrogen and oxygen atoms in total. The van der Waals surface area contributed by atoms with Gasteiger partial charge in [0.15, 0.2) is 0 Å². The molecule has 112 valence electrons. The zero-order valence-corrected chi connectivity index (χ0v) is 10.4. The summed E-state index contributed by atoms with van der Waals surface area (Å²) in [5.41, 5.74) is -1.25. The van der Waals surface area contributed by atoms with Crippen LogP contribution < -0.4 is 5.32 Å². The van der Waals surface area contributed by atoms with Crippen LogP contribution in [0.1, 0.15) is 11.1 Å². The summed E-state index contributed by atoms with van der Waals surface area (Å²) in [4.78, 5) is 0. The molecule has 1 N–H and O–H groups in total. The fourth-order valence-corrected chi connectivity index (χ4v) is 1.69. The van der Waals surface area contributed by atoms with Gasteiger partial charge in [-0.1, -0.05) is 6.07 Å². The Morgan fingerprint density at radius 2 is 1.57 bits per heavy atom. The highest BCUT2D eigenvalue weighted by atomic mass is 19.4. The highest BCUT2D eigenvalue weighted by molar-refractivity contribution is 5.47. The molecule has 2 aromatic carbocycles. The molecule has 0 atom stereocenters. The van der Waals surface area contributed by atoms with E-state index in [0.29, 0.717) is 18.2 Å². The second-order valence-electron chi connectivity index (χ2n) is 4.28. The number of hydrogen-bond acceptors (Lipinski definition) is 1. The van der Waals surface area contributed by atoms with Crippen molar-refractivity contribution < 1.29 is 26.3 Å². The monoisotopic (exact) mass is 305 g/mol. The lowest BCUT2D eigenvalue weighted by molar-refractivity contribution is -0.137. The predicted molar refractivity (Wildman–Crippen MR) is 65.1 cm³/mol. The van der Waals surface area contributed by atoms with Gasteiger partial charge in [-0.2, -0.15) is 13.2 Å². The van der Waals surface area contributed by atoms with Crippen molar-refractivity contribution in [1.29, 1.82) is 0 Å². The van der Waals surface area contributed by atoms with E-state index < -0.39 is 29.2 Å². The van der Waals surface area contributed by atoms with E-state index in [9.17, 15) is 26.3 Å². The van der Waals surface area contributed by atoms with Gasteiger partial charge < -0.3 is 5.32 Å². The van der Waals surface area contributed by atoms with Gasteiger partial charge in [0.25, 0.3) is 0 Å². The van der Waals surface area contributed by atoms with Crippen molar-refractivity contribution in [2.24, 2.45) is 0 Å². The molecule has 0 aromatic heterocycles. The van der Waals surface area contributed by atoms with Crippen LogP contribution in [0.4, 0.5) is 32.0 Å². The number of halogens is 6. The summed E-state index contributed by atoms with van der Waals surface area (Å²) < 4.78 is 76.7. The van der Waals surface area contributed by atoms with E-state index in [1.807, 2.05) is 0 Å². The van der Waals surface area contributed by atoms with Gasteiger partial charge in [0.1, 0.15) is 17.5 Å². The Morgan fingerprint density at radius 1 is 0.857 bits per heavy atom. The van der Waals surface area contributed by atoms with Gasteiger partial charge in [0.2, 0.25) is 0 Å². The topological polar surface area (TPSA) is 12.0 Å². The van der Waals surface area contributed by atoms with Crippen LogP contribution in [-0.4, -0.2) is 0 Å². The summed E-state index contributed by atoms with van der Waals surface area (Å²) in [5, 5.41) is 2.46. The maximum atomic E-state index is 13.5.